The third-order valence-electron chi connectivity index (χ3n) is 3.14. The number of carbonyl (C=O) groups is 1. The van der Waals surface area contributed by atoms with Gasteiger partial charge in [0.15, 0.2) is 6.29 Å². The molecule has 98 valence electrons. The van der Waals surface area contributed by atoms with E-state index in [2.05, 4.69) is 25.2 Å². The molecule has 0 aliphatic rings. The Morgan fingerprint density at radius 2 is 1.47 bits per heavy atom. The van der Waals surface area contributed by atoms with Crippen molar-refractivity contribution in [3.63, 3.8) is 0 Å². The monoisotopic (exact) mass is 270 g/mol. The molecule has 0 spiro atoms. The van der Waals surface area contributed by atoms with Gasteiger partial charge in [-0.3, -0.25) is 0 Å². The fourth-order valence-corrected chi connectivity index (χ4v) is 4.00. The van der Waals surface area contributed by atoms with Crippen LogP contribution < -0.4 is 5.19 Å². The Bertz CT molecular complexity index is 523. The zero-order valence-corrected chi connectivity index (χ0v) is 12.2. The summed E-state index contributed by atoms with van der Waals surface area (Å²) in [7, 11) is -2.08. The van der Waals surface area contributed by atoms with E-state index in [4.69, 9.17) is 4.43 Å². The van der Waals surface area contributed by atoms with Crippen LogP contribution in [0.4, 0.5) is 0 Å². The molecular weight excluding hydrogens is 252 g/mol. The van der Waals surface area contributed by atoms with E-state index in [1.807, 2.05) is 48.5 Å². The molecule has 1 unspecified atom stereocenters. The largest absolute Gasteiger partial charge is 0.399 e. The fourth-order valence-electron chi connectivity index (χ4n) is 2.04. The molecule has 0 bridgehead atoms. The lowest BCUT2D eigenvalue weighted by atomic mass is 10.1. The summed E-state index contributed by atoms with van der Waals surface area (Å²) in [5.74, 6) is 0. The van der Waals surface area contributed by atoms with E-state index in [0.29, 0.717) is 0 Å². The lowest BCUT2D eigenvalue weighted by Gasteiger charge is -2.27. The predicted molar refractivity (Wildman–Crippen MR) is 79.9 cm³/mol. The van der Waals surface area contributed by atoms with Crippen molar-refractivity contribution >= 4 is 19.8 Å². The second kappa shape index (κ2) is 5.95. The van der Waals surface area contributed by atoms with Crippen molar-refractivity contribution in [2.75, 3.05) is 0 Å². The molecule has 0 saturated carbocycles. The van der Waals surface area contributed by atoms with Crippen LogP contribution in [0.3, 0.4) is 0 Å². The van der Waals surface area contributed by atoms with Crippen molar-refractivity contribution < 1.29 is 9.22 Å². The topological polar surface area (TPSA) is 26.3 Å². The molecule has 19 heavy (non-hydrogen) atoms. The Morgan fingerprint density at radius 1 is 0.947 bits per heavy atom. The number of rotatable bonds is 5. The van der Waals surface area contributed by atoms with Crippen LogP contribution in [0.15, 0.2) is 60.7 Å². The summed E-state index contributed by atoms with van der Waals surface area (Å²) < 4.78 is 6.13. The minimum Gasteiger partial charge on any atom is -0.399 e. The molecule has 0 amide bonds. The van der Waals surface area contributed by atoms with Crippen LogP contribution in [-0.2, 0) is 9.22 Å². The Labute approximate surface area is 115 Å². The highest BCUT2D eigenvalue weighted by Crippen LogP contribution is 2.20. The van der Waals surface area contributed by atoms with E-state index < -0.39 is 14.4 Å². The van der Waals surface area contributed by atoms with Gasteiger partial charge in [-0.05, 0) is 23.8 Å². The highest BCUT2D eigenvalue weighted by Gasteiger charge is 2.29. The second-order valence-electron chi connectivity index (χ2n) is 4.96. The maximum Gasteiger partial charge on any atom is 0.219 e. The Morgan fingerprint density at radius 3 is 2.00 bits per heavy atom. The number of hydrogen-bond donors (Lipinski definition) is 0. The minimum absolute atomic E-state index is 0.483. The first kappa shape index (κ1) is 13.7. The fraction of sp³-hybridized carbons (Fsp3) is 0.188. The highest BCUT2D eigenvalue weighted by atomic mass is 28.4. The summed E-state index contributed by atoms with van der Waals surface area (Å²) in [6, 6.07) is 19.8. The van der Waals surface area contributed by atoms with Gasteiger partial charge >= 0.3 is 0 Å². The van der Waals surface area contributed by atoms with Crippen LogP contribution >= 0.6 is 0 Å². The van der Waals surface area contributed by atoms with Gasteiger partial charge in [0.2, 0.25) is 8.32 Å². The molecule has 2 nitrogen and oxygen atoms in total. The predicted octanol–water partition coefficient (Wildman–Crippen LogP) is 3.06. The van der Waals surface area contributed by atoms with Crippen LogP contribution in [0.1, 0.15) is 11.7 Å². The van der Waals surface area contributed by atoms with Crippen molar-refractivity contribution in [3.05, 3.63) is 66.2 Å². The van der Waals surface area contributed by atoms with Gasteiger partial charge in [0, 0.05) is 0 Å². The van der Waals surface area contributed by atoms with Crippen LogP contribution in [0, 0.1) is 0 Å². The molecule has 0 radical (unpaired) electrons. The summed E-state index contributed by atoms with van der Waals surface area (Å²) in [6.45, 7) is 4.23. The number of carbonyl (C=O) groups excluding carboxylic acids is 1. The van der Waals surface area contributed by atoms with Crippen molar-refractivity contribution in [1.82, 2.24) is 0 Å². The summed E-state index contributed by atoms with van der Waals surface area (Å²) >= 11 is 0. The maximum absolute atomic E-state index is 11.3. The number of aldehydes is 1. The molecular formula is C16H18O2Si. The second-order valence-corrected chi connectivity index (χ2v) is 8.80. The van der Waals surface area contributed by atoms with Crippen LogP contribution in [0.25, 0.3) is 0 Å². The van der Waals surface area contributed by atoms with Crippen LogP contribution in [0.2, 0.25) is 13.1 Å². The molecule has 0 saturated heterocycles. The quantitative estimate of drug-likeness (QED) is 0.616. The molecule has 1 atom stereocenters. The van der Waals surface area contributed by atoms with Crippen molar-refractivity contribution in [2.24, 2.45) is 0 Å². The normalized spacial score (nSPS) is 12.9. The zero-order chi connectivity index (χ0) is 13.7. The first-order valence-corrected chi connectivity index (χ1v) is 9.28. The third kappa shape index (κ3) is 3.40. The molecule has 0 aliphatic heterocycles. The molecule has 0 aromatic heterocycles. The van der Waals surface area contributed by atoms with E-state index in [1.54, 1.807) is 0 Å². The molecule has 0 fully saturated rings. The smallest absolute Gasteiger partial charge is 0.219 e. The summed E-state index contributed by atoms with van der Waals surface area (Å²) in [4.78, 5) is 11.3. The van der Waals surface area contributed by atoms with Crippen LogP contribution in [-0.4, -0.2) is 14.6 Å². The van der Waals surface area contributed by atoms with Crippen molar-refractivity contribution in [2.45, 2.75) is 19.2 Å². The summed E-state index contributed by atoms with van der Waals surface area (Å²) in [5, 5.41) is 1.19. The third-order valence-corrected chi connectivity index (χ3v) is 5.71. The Hall–Kier alpha value is -1.71. The average Bonchev–Trinajstić information content (AvgIpc) is 2.47. The molecule has 0 aliphatic carbocycles. The van der Waals surface area contributed by atoms with E-state index >= 15 is 0 Å². The average molecular weight is 270 g/mol. The van der Waals surface area contributed by atoms with Gasteiger partial charge in [-0.25, -0.2) is 0 Å². The maximum atomic E-state index is 11.3. The summed E-state index contributed by atoms with van der Waals surface area (Å²) in [5.41, 5.74) is 0.911. The summed E-state index contributed by atoms with van der Waals surface area (Å²) in [6.07, 6.45) is 0.399. The van der Waals surface area contributed by atoms with E-state index in [-0.39, 0.29) is 0 Å². The van der Waals surface area contributed by atoms with Crippen molar-refractivity contribution in [3.8, 4) is 0 Å². The first-order valence-electron chi connectivity index (χ1n) is 6.37. The standard InChI is InChI=1S/C16H18O2Si/c1-19(2,15-11-7-4-8-12-15)18-16(13-17)14-9-5-3-6-10-14/h3-13,16H,1-2H3. The van der Waals surface area contributed by atoms with Gasteiger partial charge in [-0.15, -0.1) is 0 Å². The van der Waals surface area contributed by atoms with E-state index in [1.165, 1.54) is 5.19 Å². The molecule has 2 aromatic carbocycles. The van der Waals surface area contributed by atoms with Crippen molar-refractivity contribution in [1.29, 1.82) is 0 Å². The molecule has 3 heteroatoms. The van der Waals surface area contributed by atoms with Gasteiger partial charge in [0.1, 0.15) is 6.10 Å². The van der Waals surface area contributed by atoms with E-state index in [0.717, 1.165) is 11.8 Å². The first-order chi connectivity index (χ1) is 9.13. The Kier molecular flexibility index (Phi) is 4.30. The SMILES string of the molecule is C[Si](C)(OC(C=O)c1ccccc1)c1ccccc1. The van der Waals surface area contributed by atoms with Gasteiger partial charge in [-0.2, -0.15) is 0 Å². The lowest BCUT2D eigenvalue weighted by molar-refractivity contribution is -0.114. The van der Waals surface area contributed by atoms with Gasteiger partial charge in [0.05, 0.1) is 0 Å². The molecule has 0 N–H and O–H groups in total. The van der Waals surface area contributed by atoms with Crippen LogP contribution in [0.5, 0.6) is 0 Å². The van der Waals surface area contributed by atoms with Gasteiger partial charge in [0.25, 0.3) is 0 Å². The zero-order valence-electron chi connectivity index (χ0n) is 11.2. The highest BCUT2D eigenvalue weighted by molar-refractivity contribution is 6.84. The van der Waals surface area contributed by atoms with E-state index in [9.17, 15) is 4.79 Å². The number of benzene rings is 2. The molecule has 2 aromatic rings. The number of hydrogen-bond acceptors (Lipinski definition) is 2. The minimum atomic E-state index is -2.08. The Balaban J connectivity index is 2.21. The lowest BCUT2D eigenvalue weighted by Crippen LogP contribution is -2.45. The molecule has 0 heterocycles. The van der Waals surface area contributed by atoms with Gasteiger partial charge in [-0.1, -0.05) is 60.7 Å². The molecule has 2 rings (SSSR count). The van der Waals surface area contributed by atoms with Gasteiger partial charge < -0.3 is 9.22 Å².